The normalized spacial score (nSPS) is 18.6. The minimum Gasteiger partial charge on any atom is -0.447 e. The number of amides is 2. The zero-order valence-electron chi connectivity index (χ0n) is 18.2. The largest absolute Gasteiger partial charge is 0.447 e. The number of nitrogens with zero attached hydrogens (tertiary/aromatic N) is 3. The number of ether oxygens (including phenoxy) is 1. The molecule has 0 aliphatic carbocycles. The molecule has 1 aliphatic heterocycles. The number of fused-ring (bicyclic) bond motifs is 1. The third-order valence-corrected chi connectivity index (χ3v) is 5.45. The van der Waals surface area contributed by atoms with Crippen molar-refractivity contribution in [2.24, 2.45) is 7.05 Å². The molecular formula is C22H30N4O3. The second-order valence-corrected chi connectivity index (χ2v) is 8.07. The highest BCUT2D eigenvalue weighted by Gasteiger charge is 2.34. The van der Waals surface area contributed by atoms with Gasteiger partial charge in [-0.25, -0.2) is 4.79 Å². The number of hydrogen-bond donors (Lipinski definition) is 1. The van der Waals surface area contributed by atoms with Gasteiger partial charge < -0.3 is 15.0 Å². The zero-order valence-corrected chi connectivity index (χ0v) is 18.2. The highest BCUT2D eigenvalue weighted by atomic mass is 16.6. The quantitative estimate of drug-likeness (QED) is 0.847. The number of hydrogen-bond acceptors (Lipinski definition) is 4. The summed E-state index contributed by atoms with van der Waals surface area (Å²) in [7, 11) is 1.93. The number of rotatable bonds is 3. The first-order chi connectivity index (χ1) is 13.6. The van der Waals surface area contributed by atoms with Gasteiger partial charge in [0.1, 0.15) is 0 Å². The molecule has 2 amide bonds. The van der Waals surface area contributed by atoms with Crippen molar-refractivity contribution >= 4 is 17.7 Å². The number of carbonyl (C=O) groups is 2. The summed E-state index contributed by atoms with van der Waals surface area (Å²) in [5.74, 6) is -0.0107. The van der Waals surface area contributed by atoms with Crippen LogP contribution in [0.3, 0.4) is 0 Å². The summed E-state index contributed by atoms with van der Waals surface area (Å²) >= 11 is 0. The Morgan fingerprint density at radius 3 is 2.52 bits per heavy atom. The van der Waals surface area contributed by atoms with E-state index in [1.807, 2.05) is 58.5 Å². The Kier molecular flexibility index (Phi) is 5.68. The van der Waals surface area contributed by atoms with Crippen LogP contribution in [-0.4, -0.2) is 33.9 Å². The van der Waals surface area contributed by atoms with Crippen molar-refractivity contribution in [1.82, 2.24) is 15.1 Å². The van der Waals surface area contributed by atoms with Gasteiger partial charge in [0.15, 0.2) is 0 Å². The highest BCUT2D eigenvalue weighted by Crippen LogP contribution is 2.40. The maximum absolute atomic E-state index is 12.3. The van der Waals surface area contributed by atoms with E-state index in [4.69, 9.17) is 4.74 Å². The van der Waals surface area contributed by atoms with Gasteiger partial charge in [0.05, 0.1) is 17.8 Å². The number of alkyl carbamates (subject to hydrolysis) is 1. The number of benzene rings is 1. The number of nitrogens with one attached hydrogen (secondary N) is 1. The smallest absolute Gasteiger partial charge is 0.407 e. The molecule has 0 fully saturated rings. The Morgan fingerprint density at radius 2 is 1.97 bits per heavy atom. The van der Waals surface area contributed by atoms with Crippen LogP contribution in [0, 0.1) is 13.8 Å². The van der Waals surface area contributed by atoms with Gasteiger partial charge >= 0.3 is 6.09 Å². The lowest BCUT2D eigenvalue weighted by molar-refractivity contribution is -0.117. The second kappa shape index (κ2) is 7.89. The molecule has 0 saturated heterocycles. The third kappa shape index (κ3) is 3.99. The third-order valence-electron chi connectivity index (χ3n) is 5.45. The van der Waals surface area contributed by atoms with Crippen LogP contribution in [0.1, 0.15) is 57.1 Å². The summed E-state index contributed by atoms with van der Waals surface area (Å²) in [6.07, 6.45) is -0.0244. The van der Waals surface area contributed by atoms with Gasteiger partial charge in [-0.05, 0) is 64.3 Å². The average Bonchev–Trinajstić information content (AvgIpc) is 2.85. The molecule has 2 aromatic rings. The first kappa shape index (κ1) is 20.9. The van der Waals surface area contributed by atoms with E-state index in [1.54, 1.807) is 11.8 Å². The van der Waals surface area contributed by atoms with Crippen molar-refractivity contribution in [3.63, 3.8) is 0 Å². The van der Waals surface area contributed by atoms with Gasteiger partial charge in [-0.3, -0.25) is 9.48 Å². The molecule has 7 heteroatoms. The van der Waals surface area contributed by atoms with Gasteiger partial charge in [0.25, 0.3) is 0 Å². The minimum absolute atomic E-state index is 0.0107. The molecule has 2 heterocycles. The molecule has 0 saturated carbocycles. The lowest BCUT2D eigenvalue weighted by Crippen LogP contribution is -2.45. The molecule has 1 aromatic carbocycles. The molecular weight excluding hydrogens is 368 g/mol. The Balaban J connectivity index is 2.08. The first-order valence-electron chi connectivity index (χ1n) is 10.0. The number of carbonyl (C=O) groups excluding carboxylic acids is 2. The van der Waals surface area contributed by atoms with Crippen LogP contribution >= 0.6 is 0 Å². The van der Waals surface area contributed by atoms with Crippen molar-refractivity contribution in [1.29, 1.82) is 0 Å². The minimum atomic E-state index is -0.446. The van der Waals surface area contributed by atoms with E-state index in [0.29, 0.717) is 6.42 Å². The van der Waals surface area contributed by atoms with Crippen molar-refractivity contribution in [2.75, 3.05) is 4.90 Å². The van der Waals surface area contributed by atoms with E-state index in [2.05, 4.69) is 16.5 Å². The molecule has 7 nitrogen and oxygen atoms in total. The molecule has 1 N–H and O–H groups in total. The van der Waals surface area contributed by atoms with E-state index in [0.717, 1.165) is 33.8 Å². The Morgan fingerprint density at radius 1 is 1.28 bits per heavy atom. The lowest BCUT2D eigenvalue weighted by Gasteiger charge is -2.39. The van der Waals surface area contributed by atoms with E-state index in [-0.39, 0.29) is 24.1 Å². The predicted molar refractivity (Wildman–Crippen MR) is 113 cm³/mol. The molecule has 156 valence electrons. The fraction of sp³-hybridized carbons (Fsp3) is 0.500. The first-order valence-corrected chi connectivity index (χ1v) is 10.0. The van der Waals surface area contributed by atoms with Crippen LogP contribution in [0.25, 0.3) is 11.1 Å². The molecule has 3 rings (SSSR count). The molecule has 2 atom stereocenters. The molecule has 0 unspecified atom stereocenters. The Hall–Kier alpha value is -2.83. The highest BCUT2D eigenvalue weighted by molar-refractivity contribution is 5.94. The summed E-state index contributed by atoms with van der Waals surface area (Å²) < 4.78 is 7.15. The van der Waals surface area contributed by atoms with E-state index < -0.39 is 6.09 Å². The summed E-state index contributed by atoms with van der Waals surface area (Å²) in [5.41, 5.74) is 5.86. The molecule has 1 aliphatic rings. The van der Waals surface area contributed by atoms with Gasteiger partial charge in [0.2, 0.25) is 5.91 Å². The van der Waals surface area contributed by atoms with Gasteiger partial charge in [-0.1, -0.05) is 6.07 Å². The summed E-state index contributed by atoms with van der Waals surface area (Å²) in [6.45, 7) is 11.2. The van der Waals surface area contributed by atoms with Gasteiger partial charge in [-0.2, -0.15) is 5.10 Å². The van der Waals surface area contributed by atoms with Crippen molar-refractivity contribution in [3.8, 4) is 11.1 Å². The predicted octanol–water partition coefficient (Wildman–Crippen LogP) is 4.02. The molecule has 0 spiro atoms. The summed E-state index contributed by atoms with van der Waals surface area (Å²) in [6, 6.07) is 5.79. The Labute approximate surface area is 172 Å². The number of aromatic nitrogens is 2. The fourth-order valence-electron chi connectivity index (χ4n) is 4.22. The summed E-state index contributed by atoms with van der Waals surface area (Å²) in [5, 5.41) is 7.51. The second-order valence-electron chi connectivity index (χ2n) is 8.07. The number of aryl methyl sites for hydroxylation is 2. The Bertz CT molecular complexity index is 948. The van der Waals surface area contributed by atoms with Crippen LogP contribution in [0.15, 0.2) is 18.2 Å². The van der Waals surface area contributed by atoms with Gasteiger partial charge in [-0.15, -0.1) is 0 Å². The molecule has 29 heavy (non-hydrogen) atoms. The maximum Gasteiger partial charge on any atom is 0.407 e. The fourth-order valence-corrected chi connectivity index (χ4v) is 4.22. The van der Waals surface area contributed by atoms with E-state index in [9.17, 15) is 9.59 Å². The standard InChI is InChI=1S/C22H30N4O3/c1-12(2)29-22(28)23-19-10-13(3)26(16(6)27)20-9-8-17(11-18(19)20)21-14(4)24-25(7)15(21)5/h8-9,11-13,19H,10H2,1-7H3,(H,23,28)/t13-,19+/m1/s1. The van der Waals surface area contributed by atoms with Gasteiger partial charge in [0, 0.05) is 37.0 Å². The van der Waals surface area contributed by atoms with Crippen LogP contribution in [-0.2, 0) is 16.6 Å². The van der Waals surface area contributed by atoms with E-state index >= 15 is 0 Å². The van der Waals surface area contributed by atoms with E-state index in [1.165, 1.54) is 0 Å². The number of anilines is 1. The lowest BCUT2D eigenvalue weighted by atomic mass is 9.89. The molecule has 1 aromatic heterocycles. The van der Waals surface area contributed by atoms with Crippen molar-refractivity contribution in [3.05, 3.63) is 35.2 Å². The van der Waals surface area contributed by atoms with Crippen LogP contribution < -0.4 is 10.2 Å². The van der Waals surface area contributed by atoms with Crippen LogP contribution in [0.4, 0.5) is 10.5 Å². The van der Waals surface area contributed by atoms with Crippen molar-refractivity contribution in [2.45, 2.75) is 66.2 Å². The summed E-state index contributed by atoms with van der Waals surface area (Å²) in [4.78, 5) is 26.4. The monoisotopic (exact) mass is 398 g/mol. The average molecular weight is 399 g/mol. The molecule has 0 bridgehead atoms. The van der Waals surface area contributed by atoms with Crippen LogP contribution in [0.2, 0.25) is 0 Å². The SMILES string of the molecule is CC(=O)N1c2ccc(-c3c(C)nn(C)c3C)cc2[C@@H](NC(=O)OC(C)C)C[C@H]1C. The molecule has 0 radical (unpaired) electrons. The van der Waals surface area contributed by atoms with Crippen molar-refractivity contribution < 1.29 is 14.3 Å². The zero-order chi connectivity index (χ0) is 21.5. The maximum atomic E-state index is 12.3. The van der Waals surface area contributed by atoms with Crippen LogP contribution in [0.5, 0.6) is 0 Å². The topological polar surface area (TPSA) is 76.5 Å².